The van der Waals surface area contributed by atoms with E-state index in [0.29, 0.717) is 24.4 Å². The monoisotopic (exact) mass is 346 g/mol. The fraction of sp³-hybridized carbons (Fsp3) is 0.500. The van der Waals surface area contributed by atoms with Gasteiger partial charge in [0.2, 0.25) is 5.95 Å². The number of aromatic nitrogens is 2. The number of hydrogen-bond acceptors (Lipinski definition) is 7. The van der Waals surface area contributed by atoms with Crippen LogP contribution in [-0.4, -0.2) is 72.7 Å². The molecular formula is C16H22N6O3. The van der Waals surface area contributed by atoms with Crippen molar-refractivity contribution in [2.24, 2.45) is 0 Å². The highest BCUT2D eigenvalue weighted by Crippen LogP contribution is 2.14. The third-order valence-corrected chi connectivity index (χ3v) is 4.17. The molecule has 0 unspecified atom stereocenters. The fourth-order valence-electron chi connectivity index (χ4n) is 2.86. The highest BCUT2D eigenvalue weighted by molar-refractivity contribution is 5.93. The van der Waals surface area contributed by atoms with Crippen molar-refractivity contribution in [3.63, 3.8) is 0 Å². The van der Waals surface area contributed by atoms with Crippen LogP contribution in [0.15, 0.2) is 29.7 Å². The normalized spacial score (nSPS) is 18.6. The Morgan fingerprint density at radius 2 is 1.96 bits per heavy atom. The predicted octanol–water partition coefficient (Wildman–Crippen LogP) is -0.271. The SMILES string of the molecule is CCOC(=O)C1=C(CN2CCN(c3ncccn3)CC2)NC(=O)NC1. The van der Waals surface area contributed by atoms with E-state index in [-0.39, 0.29) is 18.5 Å². The van der Waals surface area contributed by atoms with Gasteiger partial charge >= 0.3 is 12.0 Å². The highest BCUT2D eigenvalue weighted by atomic mass is 16.5. The Morgan fingerprint density at radius 1 is 1.24 bits per heavy atom. The van der Waals surface area contributed by atoms with Gasteiger partial charge in [0.25, 0.3) is 0 Å². The van der Waals surface area contributed by atoms with Crippen molar-refractivity contribution in [1.29, 1.82) is 0 Å². The van der Waals surface area contributed by atoms with Crippen LogP contribution in [0.5, 0.6) is 0 Å². The maximum absolute atomic E-state index is 12.1. The van der Waals surface area contributed by atoms with E-state index in [9.17, 15) is 9.59 Å². The number of urea groups is 1. The number of piperazine rings is 1. The van der Waals surface area contributed by atoms with E-state index in [0.717, 1.165) is 32.1 Å². The molecule has 2 N–H and O–H groups in total. The molecule has 1 aromatic heterocycles. The van der Waals surface area contributed by atoms with Gasteiger partial charge in [-0.05, 0) is 13.0 Å². The van der Waals surface area contributed by atoms with Gasteiger partial charge in [0, 0.05) is 50.8 Å². The van der Waals surface area contributed by atoms with Crippen molar-refractivity contribution in [1.82, 2.24) is 25.5 Å². The second kappa shape index (κ2) is 7.93. The van der Waals surface area contributed by atoms with E-state index in [1.54, 1.807) is 25.4 Å². The number of carbonyl (C=O) groups excluding carboxylic acids is 2. The molecule has 2 aliphatic rings. The summed E-state index contributed by atoms with van der Waals surface area (Å²) in [6, 6.07) is 1.50. The molecule has 3 heterocycles. The molecule has 2 amide bonds. The zero-order valence-electron chi connectivity index (χ0n) is 14.2. The summed E-state index contributed by atoms with van der Waals surface area (Å²) in [7, 11) is 0. The molecule has 1 saturated heterocycles. The summed E-state index contributed by atoms with van der Waals surface area (Å²) in [5, 5.41) is 5.36. The van der Waals surface area contributed by atoms with Gasteiger partial charge in [0.05, 0.1) is 18.7 Å². The minimum absolute atomic E-state index is 0.192. The minimum Gasteiger partial charge on any atom is -0.463 e. The van der Waals surface area contributed by atoms with Gasteiger partial charge in [0.1, 0.15) is 0 Å². The number of nitrogens with one attached hydrogen (secondary N) is 2. The van der Waals surface area contributed by atoms with Gasteiger partial charge in [-0.15, -0.1) is 0 Å². The maximum Gasteiger partial charge on any atom is 0.337 e. The number of amides is 2. The third-order valence-electron chi connectivity index (χ3n) is 4.17. The van der Waals surface area contributed by atoms with Crippen LogP contribution in [0.25, 0.3) is 0 Å². The Labute approximate surface area is 146 Å². The van der Waals surface area contributed by atoms with Crippen LogP contribution < -0.4 is 15.5 Å². The van der Waals surface area contributed by atoms with Crippen molar-refractivity contribution in [2.75, 3.05) is 50.8 Å². The molecule has 0 radical (unpaired) electrons. The standard InChI is InChI=1S/C16H22N6O3/c1-2-25-14(23)12-10-19-16(24)20-13(12)11-21-6-8-22(9-7-21)15-17-4-3-5-18-15/h3-5H,2,6-11H2,1H3,(H2,19,20,24). The first-order valence-corrected chi connectivity index (χ1v) is 8.35. The van der Waals surface area contributed by atoms with Crippen molar-refractivity contribution in [3.8, 4) is 0 Å². The van der Waals surface area contributed by atoms with Gasteiger partial charge < -0.3 is 20.3 Å². The topological polar surface area (TPSA) is 99.7 Å². The average molecular weight is 346 g/mol. The summed E-state index contributed by atoms with van der Waals surface area (Å²) in [4.78, 5) is 36.6. The zero-order valence-corrected chi connectivity index (χ0v) is 14.2. The molecule has 134 valence electrons. The molecule has 9 nitrogen and oxygen atoms in total. The van der Waals surface area contributed by atoms with Gasteiger partial charge in [-0.2, -0.15) is 0 Å². The summed E-state index contributed by atoms with van der Waals surface area (Å²) >= 11 is 0. The summed E-state index contributed by atoms with van der Waals surface area (Å²) in [5.41, 5.74) is 1.10. The van der Waals surface area contributed by atoms with E-state index >= 15 is 0 Å². The lowest BCUT2D eigenvalue weighted by Crippen LogP contribution is -2.51. The molecule has 9 heteroatoms. The summed E-state index contributed by atoms with van der Waals surface area (Å²) in [6.07, 6.45) is 3.46. The molecule has 2 aliphatic heterocycles. The van der Waals surface area contributed by atoms with E-state index in [1.807, 2.05) is 0 Å². The van der Waals surface area contributed by atoms with Gasteiger partial charge in [0.15, 0.2) is 0 Å². The van der Waals surface area contributed by atoms with Crippen LogP contribution >= 0.6 is 0 Å². The molecule has 3 rings (SSSR count). The first kappa shape index (κ1) is 17.2. The molecule has 1 fully saturated rings. The van der Waals surface area contributed by atoms with E-state index in [2.05, 4.69) is 30.4 Å². The summed E-state index contributed by atoms with van der Waals surface area (Å²) in [6.45, 7) is 5.93. The molecule has 0 spiro atoms. The van der Waals surface area contributed by atoms with Crippen LogP contribution in [-0.2, 0) is 9.53 Å². The Morgan fingerprint density at radius 3 is 2.64 bits per heavy atom. The fourth-order valence-corrected chi connectivity index (χ4v) is 2.86. The molecule has 0 aromatic carbocycles. The lowest BCUT2D eigenvalue weighted by Gasteiger charge is -2.35. The predicted molar refractivity (Wildman–Crippen MR) is 90.9 cm³/mol. The number of nitrogens with zero attached hydrogens (tertiary/aromatic N) is 4. The Kier molecular flexibility index (Phi) is 5.44. The molecule has 1 aromatic rings. The van der Waals surface area contributed by atoms with Gasteiger partial charge in [-0.25, -0.2) is 19.6 Å². The lowest BCUT2D eigenvalue weighted by molar-refractivity contribution is -0.138. The number of rotatable bonds is 5. The van der Waals surface area contributed by atoms with Crippen molar-refractivity contribution < 1.29 is 14.3 Å². The van der Waals surface area contributed by atoms with Crippen LogP contribution in [0.3, 0.4) is 0 Å². The number of carbonyl (C=O) groups is 2. The maximum atomic E-state index is 12.1. The average Bonchev–Trinajstić information content (AvgIpc) is 2.63. The van der Waals surface area contributed by atoms with Crippen LogP contribution in [0.1, 0.15) is 6.92 Å². The zero-order chi connectivity index (χ0) is 17.6. The van der Waals surface area contributed by atoms with E-state index in [1.165, 1.54) is 0 Å². The Bertz CT molecular complexity index is 655. The Hall–Kier alpha value is -2.68. The Balaban J connectivity index is 1.63. The number of anilines is 1. The van der Waals surface area contributed by atoms with Crippen molar-refractivity contribution >= 4 is 17.9 Å². The lowest BCUT2D eigenvalue weighted by atomic mass is 10.1. The number of esters is 1. The van der Waals surface area contributed by atoms with E-state index < -0.39 is 0 Å². The highest BCUT2D eigenvalue weighted by Gasteiger charge is 2.26. The van der Waals surface area contributed by atoms with Crippen molar-refractivity contribution in [2.45, 2.75) is 6.92 Å². The molecule has 0 aliphatic carbocycles. The van der Waals surface area contributed by atoms with Crippen LogP contribution in [0.2, 0.25) is 0 Å². The second-order valence-corrected chi connectivity index (χ2v) is 5.80. The van der Waals surface area contributed by atoms with Crippen LogP contribution in [0.4, 0.5) is 10.7 Å². The largest absolute Gasteiger partial charge is 0.463 e. The van der Waals surface area contributed by atoms with Crippen LogP contribution in [0, 0.1) is 0 Å². The smallest absolute Gasteiger partial charge is 0.337 e. The third kappa shape index (κ3) is 4.24. The second-order valence-electron chi connectivity index (χ2n) is 5.80. The van der Waals surface area contributed by atoms with E-state index in [4.69, 9.17) is 4.74 Å². The first-order valence-electron chi connectivity index (χ1n) is 8.35. The summed E-state index contributed by atoms with van der Waals surface area (Å²) < 4.78 is 5.08. The number of hydrogen-bond donors (Lipinski definition) is 2. The quantitative estimate of drug-likeness (QED) is 0.708. The molecule has 0 saturated carbocycles. The molecule has 25 heavy (non-hydrogen) atoms. The molecule has 0 bridgehead atoms. The van der Waals surface area contributed by atoms with Gasteiger partial charge in [-0.1, -0.05) is 0 Å². The van der Waals surface area contributed by atoms with Gasteiger partial charge in [-0.3, -0.25) is 4.90 Å². The summed E-state index contributed by atoms with van der Waals surface area (Å²) in [5.74, 6) is 0.338. The van der Waals surface area contributed by atoms with Crippen molar-refractivity contribution in [3.05, 3.63) is 29.7 Å². The molecule has 0 atom stereocenters. The molecular weight excluding hydrogens is 324 g/mol. The minimum atomic E-state index is -0.388. The first-order chi connectivity index (χ1) is 12.2. The number of ether oxygens (including phenoxy) is 1.